The van der Waals surface area contributed by atoms with E-state index in [0.29, 0.717) is 19.6 Å². The van der Waals surface area contributed by atoms with Crippen molar-refractivity contribution in [2.45, 2.75) is 38.1 Å². The number of carboxylic acid groups (broad SMARTS) is 1. The van der Waals surface area contributed by atoms with Crippen LogP contribution in [0.5, 0.6) is 0 Å². The maximum atomic E-state index is 12.9. The first-order valence-corrected chi connectivity index (χ1v) is 12.2. The van der Waals surface area contributed by atoms with E-state index in [9.17, 15) is 19.5 Å². The molecule has 2 unspecified atom stereocenters. The number of fused-ring (bicyclic) bond motifs is 3. The van der Waals surface area contributed by atoms with Crippen molar-refractivity contribution in [3.8, 4) is 11.1 Å². The van der Waals surface area contributed by atoms with Crippen molar-refractivity contribution in [1.29, 1.82) is 0 Å². The Labute approximate surface area is 205 Å². The first-order valence-electron chi connectivity index (χ1n) is 12.2. The minimum atomic E-state index is -0.980. The van der Waals surface area contributed by atoms with Crippen molar-refractivity contribution < 1.29 is 29.0 Å². The number of carboxylic acids is 1. The third kappa shape index (κ3) is 5.82. The third-order valence-corrected chi connectivity index (χ3v) is 6.69. The van der Waals surface area contributed by atoms with Gasteiger partial charge in [0, 0.05) is 31.5 Å². The molecule has 0 aromatic heterocycles. The van der Waals surface area contributed by atoms with Gasteiger partial charge in [-0.25, -0.2) is 4.79 Å². The Kier molecular flexibility index (Phi) is 8.02. The topological polar surface area (TPSA) is 105 Å². The lowest BCUT2D eigenvalue weighted by atomic mass is 9.98. The molecule has 2 atom stereocenters. The van der Waals surface area contributed by atoms with Crippen LogP contribution in [0.2, 0.25) is 0 Å². The predicted molar refractivity (Wildman–Crippen MR) is 130 cm³/mol. The lowest BCUT2D eigenvalue weighted by Gasteiger charge is -2.25. The molecular weight excluding hydrogens is 448 g/mol. The van der Waals surface area contributed by atoms with Crippen LogP contribution in [0.1, 0.15) is 43.2 Å². The van der Waals surface area contributed by atoms with Gasteiger partial charge in [0.1, 0.15) is 6.61 Å². The summed E-state index contributed by atoms with van der Waals surface area (Å²) < 4.78 is 11.0. The summed E-state index contributed by atoms with van der Waals surface area (Å²) in [5.41, 5.74) is 4.59. The van der Waals surface area contributed by atoms with E-state index in [-0.39, 0.29) is 38.0 Å². The number of carbonyl (C=O) groups excluding carboxylic acids is 2. The summed E-state index contributed by atoms with van der Waals surface area (Å²) in [5.74, 6) is -1.96. The number of benzene rings is 2. The smallest absolute Gasteiger partial charge is 0.407 e. The molecule has 2 aliphatic rings. The number of nitrogens with zero attached hydrogens (tertiary/aromatic N) is 1. The zero-order valence-electron chi connectivity index (χ0n) is 19.9. The Hall–Kier alpha value is -3.39. The van der Waals surface area contributed by atoms with E-state index < -0.39 is 24.0 Å². The van der Waals surface area contributed by atoms with Crippen LogP contribution in [0, 0.1) is 5.92 Å². The molecule has 1 aliphatic heterocycles. The molecule has 0 bridgehead atoms. The molecule has 2 aromatic carbocycles. The first kappa shape index (κ1) is 24.7. The van der Waals surface area contributed by atoms with Gasteiger partial charge in [0.2, 0.25) is 5.91 Å². The maximum Gasteiger partial charge on any atom is 0.407 e. The van der Waals surface area contributed by atoms with E-state index >= 15 is 0 Å². The molecule has 35 heavy (non-hydrogen) atoms. The summed E-state index contributed by atoms with van der Waals surface area (Å²) in [6.45, 7) is 3.03. The summed E-state index contributed by atoms with van der Waals surface area (Å²) in [4.78, 5) is 38.5. The molecule has 0 spiro atoms. The van der Waals surface area contributed by atoms with E-state index in [1.54, 1.807) is 0 Å². The zero-order valence-corrected chi connectivity index (χ0v) is 19.9. The molecule has 1 aliphatic carbocycles. The quantitative estimate of drug-likeness (QED) is 0.598. The summed E-state index contributed by atoms with van der Waals surface area (Å²) in [6.07, 6.45) is 0.927. The van der Waals surface area contributed by atoms with E-state index in [2.05, 4.69) is 29.6 Å². The second-order valence-corrected chi connectivity index (χ2v) is 9.11. The first-order chi connectivity index (χ1) is 17.0. The van der Waals surface area contributed by atoms with Gasteiger partial charge in [-0.1, -0.05) is 61.9 Å². The zero-order chi connectivity index (χ0) is 24.8. The van der Waals surface area contributed by atoms with E-state index in [0.717, 1.165) is 28.7 Å². The maximum absolute atomic E-state index is 12.9. The summed E-state index contributed by atoms with van der Waals surface area (Å²) in [7, 11) is 0. The molecule has 0 radical (unpaired) electrons. The molecular formula is C27H32N2O6. The second kappa shape index (κ2) is 11.4. The minimum Gasteiger partial charge on any atom is -0.481 e. The van der Waals surface area contributed by atoms with Gasteiger partial charge in [0.05, 0.1) is 19.1 Å². The van der Waals surface area contributed by atoms with Crippen LogP contribution in [0.15, 0.2) is 48.5 Å². The van der Waals surface area contributed by atoms with Gasteiger partial charge < -0.3 is 24.8 Å². The van der Waals surface area contributed by atoms with Crippen LogP contribution < -0.4 is 5.32 Å². The normalized spacial score (nSPS) is 18.2. The Morgan fingerprint density at radius 3 is 2.40 bits per heavy atom. The molecule has 186 valence electrons. The largest absolute Gasteiger partial charge is 0.481 e. The fourth-order valence-electron chi connectivity index (χ4n) is 4.91. The van der Waals surface area contributed by atoms with Crippen molar-refractivity contribution in [3.05, 3.63) is 59.7 Å². The third-order valence-electron chi connectivity index (χ3n) is 6.69. The number of aliphatic carboxylic acids is 1. The van der Waals surface area contributed by atoms with Gasteiger partial charge in [0.15, 0.2) is 0 Å². The molecule has 2 aromatic rings. The minimum absolute atomic E-state index is 0.0375. The Balaban J connectivity index is 1.35. The Morgan fingerprint density at radius 2 is 1.77 bits per heavy atom. The number of amides is 2. The highest BCUT2D eigenvalue weighted by Crippen LogP contribution is 2.44. The van der Waals surface area contributed by atoms with Gasteiger partial charge in [-0.05, 0) is 28.7 Å². The Bertz CT molecular complexity index is 1030. The summed E-state index contributed by atoms with van der Waals surface area (Å²) in [5, 5.41) is 12.2. The molecule has 1 saturated heterocycles. The standard InChI is InChI=1S/C27H32N2O6/c1-2-7-19(14-25(30)29-12-13-34-16-18(15-29)26(31)32)28-27(33)35-17-24-22-10-5-3-8-20(22)21-9-4-6-11-23(21)24/h3-6,8-11,18-19,24H,2,7,12-17H2,1H3,(H,28,33)(H,31,32). The number of hydrogen-bond acceptors (Lipinski definition) is 5. The van der Waals surface area contributed by atoms with Gasteiger partial charge in [0.25, 0.3) is 0 Å². The highest BCUT2D eigenvalue weighted by molar-refractivity contribution is 5.80. The van der Waals surface area contributed by atoms with Crippen LogP contribution >= 0.6 is 0 Å². The van der Waals surface area contributed by atoms with E-state index in [1.807, 2.05) is 31.2 Å². The van der Waals surface area contributed by atoms with Crippen molar-refractivity contribution in [2.75, 3.05) is 32.9 Å². The SMILES string of the molecule is CCCC(CC(=O)N1CCOCC(C(=O)O)C1)NC(=O)OCC1c2ccccc2-c2ccccc21. The van der Waals surface area contributed by atoms with Crippen LogP contribution in [0.4, 0.5) is 4.79 Å². The van der Waals surface area contributed by atoms with Gasteiger partial charge >= 0.3 is 12.1 Å². The van der Waals surface area contributed by atoms with Crippen molar-refractivity contribution in [3.63, 3.8) is 0 Å². The van der Waals surface area contributed by atoms with Gasteiger partial charge in [-0.15, -0.1) is 0 Å². The number of alkyl carbamates (subject to hydrolysis) is 1. The van der Waals surface area contributed by atoms with Crippen LogP contribution in [-0.4, -0.2) is 66.9 Å². The molecule has 1 heterocycles. The molecule has 2 N–H and O–H groups in total. The summed E-state index contributed by atoms with van der Waals surface area (Å²) >= 11 is 0. The number of ether oxygens (including phenoxy) is 2. The Morgan fingerprint density at radius 1 is 1.11 bits per heavy atom. The molecule has 8 heteroatoms. The molecule has 1 fully saturated rings. The number of nitrogens with one attached hydrogen (secondary N) is 1. The summed E-state index contributed by atoms with van der Waals surface area (Å²) in [6, 6.07) is 15.9. The average molecular weight is 481 g/mol. The highest BCUT2D eigenvalue weighted by Gasteiger charge is 2.31. The fourth-order valence-corrected chi connectivity index (χ4v) is 4.91. The van der Waals surface area contributed by atoms with Gasteiger partial charge in [-0.3, -0.25) is 9.59 Å². The lowest BCUT2D eigenvalue weighted by Crippen LogP contribution is -2.43. The van der Waals surface area contributed by atoms with Gasteiger partial charge in [-0.2, -0.15) is 0 Å². The van der Waals surface area contributed by atoms with Crippen LogP contribution in [0.3, 0.4) is 0 Å². The molecule has 4 rings (SSSR count). The monoisotopic (exact) mass is 480 g/mol. The average Bonchev–Trinajstić information content (AvgIpc) is 2.98. The van der Waals surface area contributed by atoms with Crippen LogP contribution in [-0.2, 0) is 19.1 Å². The molecule has 0 saturated carbocycles. The van der Waals surface area contributed by atoms with Crippen molar-refractivity contribution in [1.82, 2.24) is 10.2 Å². The predicted octanol–water partition coefficient (Wildman–Crippen LogP) is 3.64. The van der Waals surface area contributed by atoms with Crippen LogP contribution in [0.25, 0.3) is 11.1 Å². The molecule has 2 amide bonds. The number of rotatable bonds is 8. The molecule has 8 nitrogen and oxygen atoms in total. The second-order valence-electron chi connectivity index (χ2n) is 9.11. The number of hydrogen-bond donors (Lipinski definition) is 2. The van der Waals surface area contributed by atoms with Crippen molar-refractivity contribution in [2.24, 2.45) is 5.92 Å². The highest BCUT2D eigenvalue weighted by atomic mass is 16.5. The fraction of sp³-hybridized carbons (Fsp3) is 0.444. The van der Waals surface area contributed by atoms with E-state index in [1.165, 1.54) is 4.90 Å². The lowest BCUT2D eigenvalue weighted by molar-refractivity contribution is -0.144. The number of carbonyl (C=O) groups is 3. The van der Waals surface area contributed by atoms with E-state index in [4.69, 9.17) is 9.47 Å². The van der Waals surface area contributed by atoms with Crippen molar-refractivity contribution >= 4 is 18.0 Å².